The third-order valence-electron chi connectivity index (χ3n) is 4.80. The van der Waals surface area contributed by atoms with E-state index in [1.807, 2.05) is 35.1 Å². The third-order valence-corrected chi connectivity index (χ3v) is 4.80. The molecule has 3 aromatic rings. The second kappa shape index (κ2) is 6.55. The number of aromatic amines is 1. The minimum absolute atomic E-state index is 0.102. The molecule has 1 atom stereocenters. The second-order valence-corrected chi connectivity index (χ2v) is 6.46. The van der Waals surface area contributed by atoms with Crippen molar-refractivity contribution >= 4 is 11.7 Å². The highest BCUT2D eigenvalue weighted by atomic mass is 16.2. The zero-order chi connectivity index (χ0) is 17.2. The molecule has 2 heterocycles. The Morgan fingerprint density at radius 1 is 1.20 bits per heavy atom. The van der Waals surface area contributed by atoms with Crippen molar-refractivity contribution in [3.8, 4) is 0 Å². The molecule has 2 aromatic heterocycles. The zero-order valence-corrected chi connectivity index (χ0v) is 14.2. The highest BCUT2D eigenvalue weighted by Crippen LogP contribution is 2.23. The highest BCUT2D eigenvalue weighted by Gasteiger charge is 2.22. The van der Waals surface area contributed by atoms with Gasteiger partial charge in [0, 0.05) is 23.5 Å². The molecule has 128 valence electrons. The van der Waals surface area contributed by atoms with Crippen LogP contribution in [0.1, 0.15) is 53.1 Å². The van der Waals surface area contributed by atoms with Gasteiger partial charge in [0.15, 0.2) is 11.5 Å². The van der Waals surface area contributed by atoms with Crippen LogP contribution in [0.25, 0.3) is 0 Å². The van der Waals surface area contributed by atoms with Crippen LogP contribution in [0.5, 0.6) is 0 Å². The molecular formula is C19H21N5O. The fraction of sp³-hybridized carbons (Fsp3) is 0.316. The average Bonchev–Trinajstić information content (AvgIpc) is 3.28. The van der Waals surface area contributed by atoms with Crippen molar-refractivity contribution in [3.05, 3.63) is 65.1 Å². The van der Waals surface area contributed by atoms with Gasteiger partial charge in [0.2, 0.25) is 0 Å². The van der Waals surface area contributed by atoms with Crippen LogP contribution < -0.4 is 5.32 Å². The van der Waals surface area contributed by atoms with Crippen molar-refractivity contribution in [2.24, 2.45) is 0 Å². The zero-order valence-electron chi connectivity index (χ0n) is 14.2. The average molecular weight is 335 g/mol. The highest BCUT2D eigenvalue weighted by molar-refractivity contribution is 6.03. The molecule has 0 saturated heterocycles. The maximum Gasteiger partial charge on any atom is 0.277 e. The summed E-state index contributed by atoms with van der Waals surface area (Å²) in [5.74, 6) is 0.345. The smallest absolute Gasteiger partial charge is 0.277 e. The molecule has 1 aromatic carbocycles. The van der Waals surface area contributed by atoms with Crippen molar-refractivity contribution in [3.63, 3.8) is 0 Å². The van der Waals surface area contributed by atoms with Crippen molar-refractivity contribution < 1.29 is 4.79 Å². The first kappa shape index (κ1) is 15.6. The standard InChI is InChI=1S/C19H21N5O/c1-13(14-7-3-2-4-8-14)24-12-11-17(23-24)20-19(25)18-15-9-5-6-10-16(15)21-22-18/h2-4,7-8,11-13H,5-6,9-10H2,1H3,(H,21,22)(H,20,23,25)/t13-/m0/s1. The topological polar surface area (TPSA) is 75.6 Å². The molecule has 0 radical (unpaired) electrons. The first-order valence-corrected chi connectivity index (χ1v) is 8.70. The lowest BCUT2D eigenvalue weighted by atomic mass is 9.96. The van der Waals surface area contributed by atoms with Crippen molar-refractivity contribution in [2.45, 2.75) is 38.6 Å². The number of amides is 1. The molecule has 1 aliphatic carbocycles. The number of hydrogen-bond donors (Lipinski definition) is 2. The van der Waals surface area contributed by atoms with Gasteiger partial charge >= 0.3 is 0 Å². The molecule has 0 saturated carbocycles. The molecule has 0 unspecified atom stereocenters. The Bertz CT molecular complexity index is 880. The molecule has 4 rings (SSSR count). The summed E-state index contributed by atoms with van der Waals surface area (Å²) in [4.78, 5) is 12.6. The Balaban J connectivity index is 1.49. The number of hydrogen-bond acceptors (Lipinski definition) is 3. The lowest BCUT2D eigenvalue weighted by molar-refractivity contribution is 0.102. The molecule has 2 N–H and O–H groups in total. The SMILES string of the molecule is C[C@@H](c1ccccc1)n1ccc(NC(=O)c2n[nH]c3c2CCCC3)n1. The largest absolute Gasteiger partial charge is 0.304 e. The number of nitrogens with one attached hydrogen (secondary N) is 2. The van der Waals surface area contributed by atoms with E-state index in [9.17, 15) is 4.79 Å². The van der Waals surface area contributed by atoms with Crippen LogP contribution in [0.3, 0.4) is 0 Å². The molecular weight excluding hydrogens is 314 g/mol. The van der Waals surface area contributed by atoms with Gasteiger partial charge < -0.3 is 5.32 Å². The van der Waals surface area contributed by atoms with Crippen LogP contribution in [0.15, 0.2) is 42.6 Å². The number of aromatic nitrogens is 4. The van der Waals surface area contributed by atoms with Crippen LogP contribution in [0.2, 0.25) is 0 Å². The summed E-state index contributed by atoms with van der Waals surface area (Å²) in [6.07, 6.45) is 6.02. The van der Waals surface area contributed by atoms with Gasteiger partial charge in [-0.1, -0.05) is 30.3 Å². The van der Waals surface area contributed by atoms with Gasteiger partial charge in [-0.2, -0.15) is 10.2 Å². The van der Waals surface area contributed by atoms with Gasteiger partial charge in [0.25, 0.3) is 5.91 Å². The number of benzene rings is 1. The van der Waals surface area contributed by atoms with E-state index < -0.39 is 0 Å². The maximum atomic E-state index is 12.6. The minimum Gasteiger partial charge on any atom is -0.304 e. The summed E-state index contributed by atoms with van der Waals surface area (Å²) in [5, 5.41) is 14.6. The Morgan fingerprint density at radius 3 is 2.84 bits per heavy atom. The predicted octanol–water partition coefficient (Wildman–Crippen LogP) is 3.35. The Kier molecular flexibility index (Phi) is 4.09. The van der Waals surface area contributed by atoms with E-state index in [0.717, 1.165) is 36.9 Å². The summed E-state index contributed by atoms with van der Waals surface area (Å²) in [5.41, 5.74) is 3.82. The number of carbonyl (C=O) groups excluding carboxylic acids is 1. The molecule has 6 heteroatoms. The summed E-state index contributed by atoms with van der Waals surface area (Å²) < 4.78 is 1.85. The number of aryl methyl sites for hydroxylation is 1. The second-order valence-electron chi connectivity index (χ2n) is 6.46. The molecule has 0 bridgehead atoms. The van der Waals surface area contributed by atoms with Gasteiger partial charge in [-0.3, -0.25) is 14.6 Å². The van der Waals surface area contributed by atoms with Gasteiger partial charge in [0.05, 0.1) is 6.04 Å². The number of fused-ring (bicyclic) bond motifs is 1. The van der Waals surface area contributed by atoms with Gasteiger partial charge in [0.1, 0.15) is 0 Å². The fourth-order valence-electron chi connectivity index (χ4n) is 3.35. The molecule has 1 amide bonds. The lowest BCUT2D eigenvalue weighted by Gasteiger charge is -2.12. The van der Waals surface area contributed by atoms with Gasteiger partial charge in [-0.25, -0.2) is 0 Å². The van der Waals surface area contributed by atoms with Gasteiger partial charge in [-0.05, 0) is 38.2 Å². The van der Waals surface area contributed by atoms with Crippen molar-refractivity contribution in [1.29, 1.82) is 0 Å². The van der Waals surface area contributed by atoms with E-state index in [-0.39, 0.29) is 11.9 Å². The summed E-state index contributed by atoms with van der Waals surface area (Å²) in [6, 6.07) is 12.1. The first-order valence-electron chi connectivity index (χ1n) is 8.70. The predicted molar refractivity (Wildman–Crippen MR) is 95.7 cm³/mol. The lowest BCUT2D eigenvalue weighted by Crippen LogP contribution is -2.16. The van der Waals surface area contributed by atoms with Crippen LogP contribution in [0.4, 0.5) is 5.82 Å². The van der Waals surface area contributed by atoms with Crippen LogP contribution in [0, 0.1) is 0 Å². The normalized spacial score (nSPS) is 14.8. The van der Waals surface area contributed by atoms with Crippen molar-refractivity contribution in [1.82, 2.24) is 20.0 Å². The number of carbonyl (C=O) groups is 1. The van der Waals surface area contributed by atoms with E-state index in [1.54, 1.807) is 0 Å². The summed E-state index contributed by atoms with van der Waals surface area (Å²) in [7, 11) is 0. The Labute approximate surface area is 146 Å². The van der Waals surface area contributed by atoms with E-state index >= 15 is 0 Å². The number of anilines is 1. The van der Waals surface area contributed by atoms with E-state index in [2.05, 4.69) is 39.7 Å². The van der Waals surface area contributed by atoms with Crippen LogP contribution in [-0.4, -0.2) is 25.9 Å². The minimum atomic E-state index is -0.197. The fourth-order valence-corrected chi connectivity index (χ4v) is 3.35. The molecule has 1 aliphatic rings. The summed E-state index contributed by atoms with van der Waals surface area (Å²) in [6.45, 7) is 2.08. The third kappa shape index (κ3) is 3.07. The molecule has 25 heavy (non-hydrogen) atoms. The molecule has 0 aliphatic heterocycles. The van der Waals surface area contributed by atoms with E-state index in [0.29, 0.717) is 11.5 Å². The number of H-pyrrole nitrogens is 1. The first-order chi connectivity index (χ1) is 12.2. The van der Waals surface area contributed by atoms with Gasteiger partial charge in [-0.15, -0.1) is 0 Å². The Hall–Kier alpha value is -2.89. The maximum absolute atomic E-state index is 12.6. The number of rotatable bonds is 4. The van der Waals surface area contributed by atoms with Crippen molar-refractivity contribution in [2.75, 3.05) is 5.32 Å². The summed E-state index contributed by atoms with van der Waals surface area (Å²) >= 11 is 0. The number of nitrogens with zero attached hydrogens (tertiary/aromatic N) is 3. The van der Waals surface area contributed by atoms with E-state index in [4.69, 9.17) is 0 Å². The van der Waals surface area contributed by atoms with Crippen LogP contribution in [-0.2, 0) is 12.8 Å². The van der Waals surface area contributed by atoms with Crippen LogP contribution >= 0.6 is 0 Å². The molecule has 0 spiro atoms. The molecule has 0 fully saturated rings. The Morgan fingerprint density at radius 2 is 2.00 bits per heavy atom. The molecule has 6 nitrogen and oxygen atoms in total. The quantitative estimate of drug-likeness (QED) is 0.768. The van der Waals surface area contributed by atoms with E-state index in [1.165, 1.54) is 5.56 Å². The monoisotopic (exact) mass is 335 g/mol.